The van der Waals surface area contributed by atoms with Crippen molar-refractivity contribution in [2.24, 2.45) is 0 Å². The van der Waals surface area contributed by atoms with Gasteiger partial charge in [-0.2, -0.15) is 0 Å². The van der Waals surface area contributed by atoms with Gasteiger partial charge >= 0.3 is 6.03 Å². The highest BCUT2D eigenvalue weighted by atomic mass is 16.7. The van der Waals surface area contributed by atoms with Gasteiger partial charge in [-0.1, -0.05) is 36.4 Å². The van der Waals surface area contributed by atoms with Crippen molar-refractivity contribution in [3.8, 4) is 0 Å². The number of amides is 2. The second-order valence-electron chi connectivity index (χ2n) is 4.34. The molecule has 0 bridgehead atoms. The molecule has 0 spiro atoms. The summed E-state index contributed by atoms with van der Waals surface area (Å²) in [7, 11) is 3.10. The molecule has 0 aliphatic carbocycles. The number of hydrogen-bond donors (Lipinski definition) is 2. The lowest BCUT2D eigenvalue weighted by molar-refractivity contribution is -0.105. The standard InChI is InChI=1S/C16H18N2O3/c1-20-15(21-2)13-10-6-7-11-14(13)18-16(19)17-12-8-4-3-5-9-12/h3-11,15H,1-2H3,(H2,17,18,19). The maximum Gasteiger partial charge on any atom is 0.323 e. The average Bonchev–Trinajstić information content (AvgIpc) is 2.51. The Morgan fingerprint density at radius 1 is 0.905 bits per heavy atom. The highest BCUT2D eigenvalue weighted by molar-refractivity contribution is 6.00. The Kier molecular flexibility index (Phi) is 5.31. The Bertz CT molecular complexity index is 583. The summed E-state index contributed by atoms with van der Waals surface area (Å²) < 4.78 is 10.5. The second-order valence-corrected chi connectivity index (χ2v) is 4.34. The molecule has 0 saturated heterocycles. The zero-order chi connectivity index (χ0) is 15.1. The van der Waals surface area contributed by atoms with Gasteiger partial charge in [0.2, 0.25) is 0 Å². The summed E-state index contributed by atoms with van der Waals surface area (Å²) in [6.07, 6.45) is -0.529. The first-order valence-corrected chi connectivity index (χ1v) is 6.52. The van der Waals surface area contributed by atoms with Gasteiger partial charge in [-0.05, 0) is 18.2 Å². The van der Waals surface area contributed by atoms with Gasteiger partial charge in [0.1, 0.15) is 0 Å². The quantitative estimate of drug-likeness (QED) is 0.825. The number of benzene rings is 2. The molecule has 21 heavy (non-hydrogen) atoms. The monoisotopic (exact) mass is 286 g/mol. The third-order valence-corrected chi connectivity index (χ3v) is 2.92. The molecule has 2 aromatic rings. The summed E-state index contributed by atoms with van der Waals surface area (Å²) in [4.78, 5) is 12.0. The van der Waals surface area contributed by atoms with Crippen molar-refractivity contribution in [3.05, 3.63) is 60.2 Å². The van der Waals surface area contributed by atoms with Crippen molar-refractivity contribution in [2.75, 3.05) is 24.9 Å². The van der Waals surface area contributed by atoms with Crippen LogP contribution in [0.15, 0.2) is 54.6 Å². The maximum absolute atomic E-state index is 12.0. The number of para-hydroxylation sites is 2. The zero-order valence-corrected chi connectivity index (χ0v) is 12.0. The van der Waals surface area contributed by atoms with Gasteiger partial charge in [-0.15, -0.1) is 0 Å². The van der Waals surface area contributed by atoms with Crippen LogP contribution >= 0.6 is 0 Å². The molecule has 2 N–H and O–H groups in total. The van der Waals surface area contributed by atoms with Gasteiger partial charge in [0, 0.05) is 25.5 Å². The Morgan fingerprint density at radius 2 is 1.52 bits per heavy atom. The molecule has 2 amide bonds. The van der Waals surface area contributed by atoms with Crippen LogP contribution in [0.25, 0.3) is 0 Å². The number of carbonyl (C=O) groups excluding carboxylic acids is 1. The van der Waals surface area contributed by atoms with Crippen LogP contribution < -0.4 is 10.6 Å². The van der Waals surface area contributed by atoms with Crippen molar-refractivity contribution >= 4 is 17.4 Å². The Balaban J connectivity index is 2.10. The van der Waals surface area contributed by atoms with Crippen LogP contribution in [0.3, 0.4) is 0 Å². The fourth-order valence-electron chi connectivity index (χ4n) is 1.97. The Morgan fingerprint density at radius 3 is 2.19 bits per heavy atom. The molecular formula is C16H18N2O3. The summed E-state index contributed by atoms with van der Waals surface area (Å²) in [5.74, 6) is 0. The van der Waals surface area contributed by atoms with E-state index in [0.29, 0.717) is 5.69 Å². The van der Waals surface area contributed by atoms with Crippen LogP contribution in [-0.2, 0) is 9.47 Å². The van der Waals surface area contributed by atoms with Gasteiger partial charge in [0.15, 0.2) is 6.29 Å². The van der Waals surface area contributed by atoms with E-state index in [-0.39, 0.29) is 6.03 Å². The largest absolute Gasteiger partial charge is 0.352 e. The van der Waals surface area contributed by atoms with E-state index < -0.39 is 6.29 Å². The molecule has 5 heteroatoms. The predicted octanol–water partition coefficient (Wildman–Crippen LogP) is 3.62. The van der Waals surface area contributed by atoms with Gasteiger partial charge in [0.25, 0.3) is 0 Å². The number of carbonyl (C=O) groups is 1. The second kappa shape index (κ2) is 7.42. The molecule has 0 atom stereocenters. The van der Waals surface area contributed by atoms with E-state index in [4.69, 9.17) is 9.47 Å². The van der Waals surface area contributed by atoms with Gasteiger partial charge < -0.3 is 20.1 Å². The fourth-order valence-corrected chi connectivity index (χ4v) is 1.97. The SMILES string of the molecule is COC(OC)c1ccccc1NC(=O)Nc1ccccc1. The number of methoxy groups -OCH3 is 2. The lowest BCUT2D eigenvalue weighted by atomic mass is 10.1. The van der Waals surface area contributed by atoms with Crippen LogP contribution in [0.2, 0.25) is 0 Å². The van der Waals surface area contributed by atoms with Crippen molar-refractivity contribution in [1.29, 1.82) is 0 Å². The van der Waals surface area contributed by atoms with Crippen molar-refractivity contribution in [1.82, 2.24) is 0 Å². The number of nitrogens with one attached hydrogen (secondary N) is 2. The van der Waals surface area contributed by atoms with E-state index in [2.05, 4.69) is 10.6 Å². The van der Waals surface area contributed by atoms with E-state index in [1.807, 2.05) is 48.5 Å². The summed E-state index contributed by atoms with van der Waals surface area (Å²) >= 11 is 0. The minimum atomic E-state index is -0.529. The molecule has 110 valence electrons. The third-order valence-electron chi connectivity index (χ3n) is 2.92. The molecule has 2 aromatic carbocycles. The molecule has 0 saturated carbocycles. The Labute approximate surface area is 123 Å². The van der Waals surface area contributed by atoms with Crippen LogP contribution in [0.4, 0.5) is 16.2 Å². The van der Waals surface area contributed by atoms with E-state index in [1.165, 1.54) is 0 Å². The summed E-state index contributed by atoms with van der Waals surface area (Å²) in [5, 5.41) is 5.56. The number of ether oxygens (including phenoxy) is 2. The number of anilines is 2. The molecule has 0 aliphatic rings. The maximum atomic E-state index is 12.0. The minimum Gasteiger partial charge on any atom is -0.352 e. The minimum absolute atomic E-state index is 0.320. The van der Waals surface area contributed by atoms with E-state index >= 15 is 0 Å². The molecule has 0 aliphatic heterocycles. The van der Waals surface area contributed by atoms with Crippen LogP contribution in [0.1, 0.15) is 11.9 Å². The Hall–Kier alpha value is -2.37. The smallest absolute Gasteiger partial charge is 0.323 e. The normalized spacial score (nSPS) is 10.4. The van der Waals surface area contributed by atoms with Crippen molar-refractivity contribution < 1.29 is 14.3 Å². The van der Waals surface area contributed by atoms with E-state index in [0.717, 1.165) is 11.3 Å². The fraction of sp³-hybridized carbons (Fsp3) is 0.188. The molecule has 0 heterocycles. The third kappa shape index (κ3) is 4.05. The first kappa shape index (κ1) is 15.0. The number of urea groups is 1. The molecule has 0 unspecified atom stereocenters. The molecule has 0 aromatic heterocycles. The van der Waals surface area contributed by atoms with Crippen molar-refractivity contribution in [3.63, 3.8) is 0 Å². The summed E-state index contributed by atoms with van der Waals surface area (Å²) in [6, 6.07) is 16.3. The summed E-state index contributed by atoms with van der Waals surface area (Å²) in [5.41, 5.74) is 2.12. The highest BCUT2D eigenvalue weighted by Gasteiger charge is 2.15. The molecular weight excluding hydrogens is 268 g/mol. The first-order valence-electron chi connectivity index (χ1n) is 6.52. The highest BCUT2D eigenvalue weighted by Crippen LogP contribution is 2.25. The van der Waals surface area contributed by atoms with E-state index in [1.54, 1.807) is 20.3 Å². The van der Waals surface area contributed by atoms with Gasteiger partial charge in [-0.3, -0.25) is 0 Å². The van der Waals surface area contributed by atoms with Crippen LogP contribution in [0.5, 0.6) is 0 Å². The van der Waals surface area contributed by atoms with Crippen molar-refractivity contribution in [2.45, 2.75) is 6.29 Å². The number of rotatable bonds is 5. The zero-order valence-electron chi connectivity index (χ0n) is 12.0. The summed E-state index contributed by atoms with van der Waals surface area (Å²) in [6.45, 7) is 0. The number of hydrogen-bond acceptors (Lipinski definition) is 3. The van der Waals surface area contributed by atoms with E-state index in [9.17, 15) is 4.79 Å². The molecule has 2 rings (SSSR count). The lowest BCUT2D eigenvalue weighted by Crippen LogP contribution is -2.21. The predicted molar refractivity (Wildman–Crippen MR) is 82.3 cm³/mol. The van der Waals surface area contributed by atoms with Crippen LogP contribution in [-0.4, -0.2) is 20.3 Å². The van der Waals surface area contributed by atoms with Gasteiger partial charge in [-0.25, -0.2) is 4.79 Å². The molecule has 0 radical (unpaired) electrons. The topological polar surface area (TPSA) is 59.6 Å². The average molecular weight is 286 g/mol. The first-order chi connectivity index (χ1) is 10.2. The molecule has 5 nitrogen and oxygen atoms in total. The van der Waals surface area contributed by atoms with Gasteiger partial charge in [0.05, 0.1) is 5.69 Å². The molecule has 0 fully saturated rings. The lowest BCUT2D eigenvalue weighted by Gasteiger charge is -2.18. The van der Waals surface area contributed by atoms with Crippen LogP contribution in [0, 0.1) is 0 Å².